The number of nitrogens with one attached hydrogen (secondary N) is 1. The highest BCUT2D eigenvalue weighted by molar-refractivity contribution is 7.92. The number of carbonyl (C=O) groups is 1. The monoisotopic (exact) mass is 482 g/mol. The number of rotatable bonds is 6. The first-order valence-electron chi connectivity index (χ1n) is 11.3. The van der Waals surface area contributed by atoms with E-state index in [0.717, 1.165) is 43.9 Å². The number of carboxylic acids is 1. The quantitative estimate of drug-likeness (QED) is 0.551. The van der Waals surface area contributed by atoms with Crippen molar-refractivity contribution in [2.24, 2.45) is 0 Å². The zero-order valence-corrected chi connectivity index (χ0v) is 20.7. The highest BCUT2D eigenvalue weighted by Gasteiger charge is 2.22. The second kappa shape index (κ2) is 9.23. The van der Waals surface area contributed by atoms with Gasteiger partial charge in [0.2, 0.25) is 0 Å². The van der Waals surface area contributed by atoms with Crippen LogP contribution in [0.1, 0.15) is 34.0 Å². The van der Waals surface area contributed by atoms with Crippen LogP contribution in [0.5, 0.6) is 0 Å². The standard InChI is InChI=1S/C25H30N4O4S/c1-5-28-8-10-29(11-9-28)24-15-21(25(30)31)20-14-19(6-7-22(20)26-24)27-34(32,33)23-13-17(3)16(2)12-18(23)4/h6-7,12-15,27H,5,8-11H2,1-4H3,(H,30,31). The molecule has 1 saturated heterocycles. The van der Waals surface area contributed by atoms with Gasteiger partial charge in [0, 0.05) is 37.3 Å². The zero-order chi connectivity index (χ0) is 24.6. The lowest BCUT2D eigenvalue weighted by molar-refractivity contribution is 0.0699. The van der Waals surface area contributed by atoms with Crippen LogP contribution in [0, 0.1) is 20.8 Å². The molecule has 0 aliphatic carbocycles. The van der Waals surface area contributed by atoms with Crippen LogP contribution >= 0.6 is 0 Å². The maximum atomic E-state index is 13.1. The van der Waals surface area contributed by atoms with E-state index in [1.807, 2.05) is 19.9 Å². The number of fused-ring (bicyclic) bond motifs is 1. The second-order valence-corrected chi connectivity index (χ2v) is 10.4. The maximum Gasteiger partial charge on any atom is 0.336 e. The molecule has 0 unspecified atom stereocenters. The molecule has 3 aromatic rings. The van der Waals surface area contributed by atoms with Gasteiger partial charge in [-0.15, -0.1) is 0 Å². The molecular weight excluding hydrogens is 452 g/mol. The van der Waals surface area contributed by atoms with E-state index in [1.165, 1.54) is 0 Å². The largest absolute Gasteiger partial charge is 0.478 e. The number of aromatic nitrogens is 1. The van der Waals surface area contributed by atoms with E-state index in [4.69, 9.17) is 4.98 Å². The van der Waals surface area contributed by atoms with Crippen molar-refractivity contribution >= 4 is 38.4 Å². The summed E-state index contributed by atoms with van der Waals surface area (Å²) in [5.41, 5.74) is 3.45. The fraction of sp³-hybridized carbons (Fsp3) is 0.360. The first-order chi connectivity index (χ1) is 16.1. The minimum atomic E-state index is -3.85. The van der Waals surface area contributed by atoms with E-state index < -0.39 is 16.0 Å². The van der Waals surface area contributed by atoms with Crippen molar-refractivity contribution in [1.29, 1.82) is 0 Å². The summed E-state index contributed by atoms with van der Waals surface area (Å²) in [6, 6.07) is 9.91. The van der Waals surface area contributed by atoms with Gasteiger partial charge >= 0.3 is 5.97 Å². The Morgan fingerprint density at radius 2 is 1.68 bits per heavy atom. The van der Waals surface area contributed by atoms with Crippen molar-refractivity contribution in [2.45, 2.75) is 32.6 Å². The van der Waals surface area contributed by atoms with Crippen molar-refractivity contribution in [3.63, 3.8) is 0 Å². The average Bonchev–Trinajstić information content (AvgIpc) is 2.80. The van der Waals surface area contributed by atoms with E-state index >= 15 is 0 Å². The first kappa shape index (κ1) is 24.0. The number of benzene rings is 2. The van der Waals surface area contributed by atoms with Gasteiger partial charge in [-0.25, -0.2) is 18.2 Å². The molecule has 1 fully saturated rings. The molecule has 1 aromatic heterocycles. The molecule has 0 saturated carbocycles. The summed E-state index contributed by atoms with van der Waals surface area (Å²) in [5.74, 6) is -0.453. The molecule has 0 bridgehead atoms. The molecule has 180 valence electrons. The van der Waals surface area contributed by atoms with Gasteiger partial charge < -0.3 is 14.9 Å². The van der Waals surface area contributed by atoms with Crippen LogP contribution in [-0.4, -0.2) is 62.1 Å². The molecular formula is C25H30N4O4S. The van der Waals surface area contributed by atoms with Crippen LogP contribution in [-0.2, 0) is 10.0 Å². The lowest BCUT2D eigenvalue weighted by Crippen LogP contribution is -2.46. The molecule has 0 radical (unpaired) electrons. The molecule has 2 aromatic carbocycles. The maximum absolute atomic E-state index is 13.1. The predicted molar refractivity (Wildman–Crippen MR) is 134 cm³/mol. The SMILES string of the molecule is CCN1CCN(c2cc(C(=O)O)c3cc(NS(=O)(=O)c4cc(C)c(C)cc4C)ccc3n2)CC1. The van der Waals surface area contributed by atoms with Crippen molar-refractivity contribution in [3.05, 3.63) is 58.7 Å². The minimum absolute atomic E-state index is 0.0985. The van der Waals surface area contributed by atoms with Crippen molar-refractivity contribution in [2.75, 3.05) is 42.3 Å². The highest BCUT2D eigenvalue weighted by Crippen LogP contribution is 2.29. The Balaban J connectivity index is 1.69. The summed E-state index contributed by atoms with van der Waals surface area (Å²) in [4.78, 5) is 21.4. The van der Waals surface area contributed by atoms with E-state index in [1.54, 1.807) is 37.3 Å². The van der Waals surface area contributed by atoms with Crippen LogP contribution in [0.15, 0.2) is 41.3 Å². The van der Waals surface area contributed by atoms with Gasteiger partial charge in [-0.2, -0.15) is 0 Å². The number of pyridine rings is 1. The van der Waals surface area contributed by atoms with Crippen LogP contribution in [0.4, 0.5) is 11.5 Å². The average molecular weight is 483 g/mol. The number of likely N-dealkylation sites (N-methyl/N-ethyl adjacent to an activating group) is 1. The summed E-state index contributed by atoms with van der Waals surface area (Å²) >= 11 is 0. The first-order valence-corrected chi connectivity index (χ1v) is 12.8. The number of hydrogen-bond acceptors (Lipinski definition) is 6. The van der Waals surface area contributed by atoms with Gasteiger partial charge in [0.1, 0.15) is 5.82 Å². The summed E-state index contributed by atoms with van der Waals surface area (Å²) in [6.07, 6.45) is 0. The Hall–Kier alpha value is -3.17. The molecule has 0 amide bonds. The summed E-state index contributed by atoms with van der Waals surface area (Å²) < 4.78 is 28.8. The fourth-order valence-corrected chi connectivity index (χ4v) is 5.70. The number of aromatic carboxylic acids is 1. The molecule has 2 heterocycles. The number of hydrogen-bond donors (Lipinski definition) is 2. The molecule has 2 N–H and O–H groups in total. The van der Waals surface area contributed by atoms with Crippen LogP contribution in [0.3, 0.4) is 0 Å². The van der Waals surface area contributed by atoms with Crippen molar-refractivity contribution in [1.82, 2.24) is 9.88 Å². The van der Waals surface area contributed by atoms with Crippen LogP contribution in [0.2, 0.25) is 0 Å². The number of nitrogens with zero attached hydrogens (tertiary/aromatic N) is 3. The van der Waals surface area contributed by atoms with Crippen molar-refractivity contribution in [3.8, 4) is 0 Å². The number of anilines is 2. The summed E-state index contributed by atoms with van der Waals surface area (Å²) in [6.45, 7) is 12.0. The van der Waals surface area contributed by atoms with E-state index in [2.05, 4.69) is 21.4 Å². The van der Waals surface area contributed by atoms with Gasteiger partial charge in [-0.05, 0) is 74.3 Å². The minimum Gasteiger partial charge on any atom is -0.478 e. The molecule has 9 heteroatoms. The van der Waals surface area contributed by atoms with E-state index in [-0.39, 0.29) is 10.5 Å². The molecule has 0 atom stereocenters. The Morgan fingerprint density at radius 3 is 2.32 bits per heavy atom. The Morgan fingerprint density at radius 1 is 1.00 bits per heavy atom. The molecule has 8 nitrogen and oxygen atoms in total. The predicted octanol–water partition coefficient (Wildman–Crippen LogP) is 3.80. The topological polar surface area (TPSA) is 103 Å². The van der Waals surface area contributed by atoms with Gasteiger partial charge in [0.25, 0.3) is 10.0 Å². The third-order valence-electron chi connectivity index (χ3n) is 6.50. The van der Waals surface area contributed by atoms with E-state index in [0.29, 0.717) is 28.0 Å². The smallest absolute Gasteiger partial charge is 0.336 e. The molecule has 34 heavy (non-hydrogen) atoms. The molecule has 1 aliphatic rings. The summed E-state index contributed by atoms with van der Waals surface area (Å²) in [5, 5.41) is 10.3. The highest BCUT2D eigenvalue weighted by atomic mass is 32.2. The Labute approximate surface area is 200 Å². The normalized spacial score (nSPS) is 15.0. The van der Waals surface area contributed by atoms with Gasteiger partial charge in [-0.3, -0.25) is 4.72 Å². The van der Waals surface area contributed by atoms with E-state index in [9.17, 15) is 18.3 Å². The van der Waals surface area contributed by atoms with Crippen LogP contribution < -0.4 is 9.62 Å². The number of sulfonamides is 1. The lowest BCUT2D eigenvalue weighted by atomic mass is 10.1. The molecule has 0 spiro atoms. The Kier molecular flexibility index (Phi) is 6.51. The van der Waals surface area contributed by atoms with Gasteiger partial charge in [-0.1, -0.05) is 13.0 Å². The number of carboxylic acid groups (broad SMARTS) is 1. The summed E-state index contributed by atoms with van der Waals surface area (Å²) in [7, 11) is -3.85. The fourth-order valence-electron chi connectivity index (χ4n) is 4.34. The second-order valence-electron chi connectivity index (χ2n) is 8.79. The Bertz CT molecular complexity index is 1360. The number of aryl methyl sites for hydroxylation is 3. The third kappa shape index (κ3) is 4.71. The van der Waals surface area contributed by atoms with Crippen molar-refractivity contribution < 1.29 is 18.3 Å². The zero-order valence-electron chi connectivity index (χ0n) is 19.9. The van der Waals surface area contributed by atoms with Crippen LogP contribution in [0.25, 0.3) is 10.9 Å². The molecule has 1 aliphatic heterocycles. The number of piperazine rings is 1. The lowest BCUT2D eigenvalue weighted by Gasteiger charge is -2.35. The van der Waals surface area contributed by atoms with Gasteiger partial charge in [0.15, 0.2) is 0 Å². The van der Waals surface area contributed by atoms with Gasteiger partial charge in [0.05, 0.1) is 16.0 Å². The molecule has 4 rings (SSSR count). The third-order valence-corrected chi connectivity index (χ3v) is 8.03.